The van der Waals surface area contributed by atoms with E-state index in [1.165, 1.54) is 36.0 Å². The second kappa shape index (κ2) is 10.1. The van der Waals surface area contributed by atoms with Gasteiger partial charge in [-0.25, -0.2) is 0 Å². The Morgan fingerprint density at radius 3 is 2.63 bits per heavy atom. The van der Waals surface area contributed by atoms with Crippen molar-refractivity contribution in [1.82, 2.24) is 10.2 Å². The first-order valence-electron chi connectivity index (χ1n) is 9.63. The van der Waals surface area contributed by atoms with Crippen LogP contribution in [-0.2, 0) is 28.8 Å². The molecule has 0 unspecified atom stereocenters. The summed E-state index contributed by atoms with van der Waals surface area (Å²) in [7, 11) is 0. The van der Waals surface area contributed by atoms with Gasteiger partial charge in [-0.1, -0.05) is 18.2 Å². The van der Waals surface area contributed by atoms with E-state index in [9.17, 15) is 4.79 Å². The number of esters is 1. The molecule has 1 aromatic rings. The van der Waals surface area contributed by atoms with Crippen LogP contribution in [0.4, 0.5) is 0 Å². The molecule has 1 aliphatic heterocycles. The Bertz CT molecular complexity index is 631. The molecule has 2 atom stereocenters. The number of rotatable bonds is 4. The Kier molecular flexibility index (Phi) is 9.07. The van der Waals surface area contributed by atoms with Gasteiger partial charge in [0.25, 0.3) is 0 Å². The standard InChI is InChI=1S/C21H32N2O2.2ClH/c1-15-14-23(11-10-22-15)19(20(24)25-21(2,3)4)13-16-8-9-17-6-5-7-18(17)12-16;;/h8-9,12,15,19,22H,5-7,10-11,13-14H2,1-4H3;2*1H/t15-,19-;;/m0../s1. The highest BCUT2D eigenvalue weighted by molar-refractivity contribution is 5.85. The lowest BCUT2D eigenvalue weighted by Gasteiger charge is -2.37. The molecular weight excluding hydrogens is 383 g/mol. The van der Waals surface area contributed by atoms with Crippen molar-refractivity contribution in [3.05, 3.63) is 34.9 Å². The highest BCUT2D eigenvalue weighted by Gasteiger charge is 2.33. The molecule has 1 heterocycles. The second-order valence-corrected chi connectivity index (χ2v) is 8.56. The molecule has 0 spiro atoms. The molecule has 0 amide bonds. The number of nitrogens with zero attached hydrogens (tertiary/aromatic N) is 1. The molecule has 0 radical (unpaired) electrons. The van der Waals surface area contributed by atoms with Gasteiger partial charge in [0, 0.05) is 25.7 Å². The van der Waals surface area contributed by atoms with Crippen LogP contribution in [0.5, 0.6) is 0 Å². The summed E-state index contributed by atoms with van der Waals surface area (Å²) in [5, 5.41) is 3.46. The molecule has 2 aliphatic rings. The van der Waals surface area contributed by atoms with Crippen LogP contribution in [0.3, 0.4) is 0 Å². The molecule has 1 saturated heterocycles. The Balaban J connectivity index is 0.00000182. The first-order valence-corrected chi connectivity index (χ1v) is 9.63. The van der Waals surface area contributed by atoms with Crippen LogP contribution in [0.25, 0.3) is 0 Å². The molecule has 0 bridgehead atoms. The third kappa shape index (κ3) is 6.63. The van der Waals surface area contributed by atoms with Gasteiger partial charge in [0.05, 0.1) is 0 Å². The van der Waals surface area contributed by atoms with Gasteiger partial charge in [-0.05, 0) is 70.1 Å². The maximum atomic E-state index is 12.9. The number of hydrogen-bond donors (Lipinski definition) is 1. The van der Waals surface area contributed by atoms with Crippen LogP contribution < -0.4 is 5.32 Å². The summed E-state index contributed by atoms with van der Waals surface area (Å²) in [5.41, 5.74) is 3.75. The Morgan fingerprint density at radius 1 is 1.26 bits per heavy atom. The highest BCUT2D eigenvalue weighted by atomic mass is 35.5. The maximum absolute atomic E-state index is 12.9. The molecule has 4 nitrogen and oxygen atoms in total. The van der Waals surface area contributed by atoms with E-state index in [2.05, 4.69) is 35.3 Å². The summed E-state index contributed by atoms with van der Waals surface area (Å²) in [4.78, 5) is 15.2. The molecule has 1 aromatic carbocycles. The van der Waals surface area contributed by atoms with Crippen molar-refractivity contribution in [2.75, 3.05) is 19.6 Å². The molecule has 154 valence electrons. The van der Waals surface area contributed by atoms with Gasteiger partial charge in [0.2, 0.25) is 0 Å². The minimum Gasteiger partial charge on any atom is -0.459 e. The van der Waals surface area contributed by atoms with Crippen molar-refractivity contribution >= 4 is 30.8 Å². The fourth-order valence-corrected chi connectivity index (χ4v) is 3.95. The fraction of sp³-hybridized carbons (Fsp3) is 0.667. The van der Waals surface area contributed by atoms with Gasteiger partial charge in [-0.2, -0.15) is 0 Å². The number of carbonyl (C=O) groups is 1. The number of nitrogens with one attached hydrogen (secondary N) is 1. The van der Waals surface area contributed by atoms with Crippen LogP contribution in [0.2, 0.25) is 0 Å². The number of fused-ring (bicyclic) bond motifs is 1. The van der Waals surface area contributed by atoms with E-state index in [0.717, 1.165) is 26.1 Å². The molecule has 27 heavy (non-hydrogen) atoms. The Hall–Kier alpha value is -0.810. The number of piperazine rings is 1. The average molecular weight is 417 g/mol. The number of aryl methyl sites for hydroxylation is 2. The van der Waals surface area contributed by atoms with Gasteiger partial charge >= 0.3 is 5.97 Å². The average Bonchev–Trinajstić information content (AvgIpc) is 2.98. The van der Waals surface area contributed by atoms with Crippen molar-refractivity contribution < 1.29 is 9.53 Å². The predicted octanol–water partition coefficient (Wildman–Crippen LogP) is 3.57. The number of ether oxygens (including phenoxy) is 1. The molecule has 1 N–H and O–H groups in total. The fourth-order valence-electron chi connectivity index (χ4n) is 3.95. The zero-order valence-corrected chi connectivity index (χ0v) is 18.5. The summed E-state index contributed by atoms with van der Waals surface area (Å²) in [5.74, 6) is -0.0953. The van der Waals surface area contributed by atoms with Gasteiger partial charge in [0.1, 0.15) is 11.6 Å². The van der Waals surface area contributed by atoms with Gasteiger partial charge in [-0.15, -0.1) is 24.8 Å². The lowest BCUT2D eigenvalue weighted by molar-refractivity contribution is -0.162. The van der Waals surface area contributed by atoms with E-state index < -0.39 is 5.60 Å². The number of halogens is 2. The van der Waals surface area contributed by atoms with Gasteiger partial charge in [-0.3, -0.25) is 9.69 Å². The third-order valence-corrected chi connectivity index (χ3v) is 5.11. The quantitative estimate of drug-likeness (QED) is 0.761. The maximum Gasteiger partial charge on any atom is 0.324 e. The van der Waals surface area contributed by atoms with Crippen LogP contribution in [0.15, 0.2) is 18.2 Å². The second-order valence-electron chi connectivity index (χ2n) is 8.56. The Morgan fingerprint density at radius 2 is 1.96 bits per heavy atom. The summed E-state index contributed by atoms with van der Waals surface area (Å²) in [6, 6.07) is 6.96. The summed E-state index contributed by atoms with van der Waals surface area (Å²) in [6.07, 6.45) is 4.35. The highest BCUT2D eigenvalue weighted by Crippen LogP contribution is 2.24. The number of carbonyl (C=O) groups excluding carboxylic acids is 1. The van der Waals surface area contributed by atoms with E-state index in [4.69, 9.17) is 4.74 Å². The van der Waals surface area contributed by atoms with Crippen LogP contribution in [0.1, 0.15) is 50.8 Å². The third-order valence-electron chi connectivity index (χ3n) is 5.11. The molecule has 1 fully saturated rings. The minimum absolute atomic E-state index is 0. The summed E-state index contributed by atoms with van der Waals surface area (Å²) >= 11 is 0. The topological polar surface area (TPSA) is 41.6 Å². The summed E-state index contributed by atoms with van der Waals surface area (Å²) in [6.45, 7) is 10.7. The van der Waals surface area contributed by atoms with Crippen molar-refractivity contribution in [2.45, 2.75) is 71.1 Å². The smallest absolute Gasteiger partial charge is 0.324 e. The number of benzene rings is 1. The lowest BCUT2D eigenvalue weighted by Crippen LogP contribution is -2.56. The molecule has 3 rings (SSSR count). The first kappa shape index (κ1) is 24.2. The van der Waals surface area contributed by atoms with Crippen LogP contribution in [-0.4, -0.2) is 48.2 Å². The van der Waals surface area contributed by atoms with Crippen molar-refractivity contribution in [3.8, 4) is 0 Å². The zero-order chi connectivity index (χ0) is 18.0. The molecule has 0 aromatic heterocycles. The Labute approximate surface area is 176 Å². The largest absolute Gasteiger partial charge is 0.459 e. The lowest BCUT2D eigenvalue weighted by atomic mass is 9.99. The van der Waals surface area contributed by atoms with Crippen LogP contribution >= 0.6 is 24.8 Å². The van der Waals surface area contributed by atoms with E-state index in [-0.39, 0.29) is 36.8 Å². The molecule has 1 aliphatic carbocycles. The summed E-state index contributed by atoms with van der Waals surface area (Å²) < 4.78 is 5.75. The zero-order valence-electron chi connectivity index (χ0n) is 16.9. The van der Waals surface area contributed by atoms with Crippen molar-refractivity contribution in [1.29, 1.82) is 0 Å². The van der Waals surface area contributed by atoms with Gasteiger partial charge < -0.3 is 10.1 Å². The van der Waals surface area contributed by atoms with E-state index in [0.29, 0.717) is 6.04 Å². The monoisotopic (exact) mass is 416 g/mol. The SMILES string of the molecule is C[C@H]1CN([C@@H](Cc2ccc3c(c2)CCC3)C(=O)OC(C)(C)C)CCN1.Cl.Cl. The molecule has 0 saturated carbocycles. The van der Waals surface area contributed by atoms with E-state index >= 15 is 0 Å². The molecular formula is C21H34Cl2N2O2. The number of hydrogen-bond acceptors (Lipinski definition) is 4. The first-order chi connectivity index (χ1) is 11.8. The molecule has 6 heteroatoms. The van der Waals surface area contributed by atoms with Gasteiger partial charge in [0.15, 0.2) is 0 Å². The van der Waals surface area contributed by atoms with Crippen molar-refractivity contribution in [3.63, 3.8) is 0 Å². The van der Waals surface area contributed by atoms with E-state index in [1.807, 2.05) is 20.8 Å². The van der Waals surface area contributed by atoms with E-state index in [1.54, 1.807) is 0 Å². The van der Waals surface area contributed by atoms with Crippen molar-refractivity contribution in [2.24, 2.45) is 0 Å². The minimum atomic E-state index is -0.451. The normalized spacial score (nSPS) is 20.8. The van der Waals surface area contributed by atoms with Crippen LogP contribution in [0, 0.1) is 0 Å². The predicted molar refractivity (Wildman–Crippen MR) is 115 cm³/mol.